The van der Waals surface area contributed by atoms with Crippen LogP contribution < -0.4 is 11.1 Å². The number of aromatic nitrogens is 2. The van der Waals surface area contributed by atoms with Gasteiger partial charge in [-0.05, 0) is 31.7 Å². The lowest BCUT2D eigenvalue weighted by atomic mass is 9.73. The molecule has 1 heterocycles. The predicted molar refractivity (Wildman–Crippen MR) is 74.8 cm³/mol. The van der Waals surface area contributed by atoms with Crippen molar-refractivity contribution in [1.29, 1.82) is 0 Å². The van der Waals surface area contributed by atoms with Crippen molar-refractivity contribution in [2.24, 2.45) is 18.7 Å². The maximum atomic E-state index is 12.4. The molecule has 1 amide bonds. The number of hydrogen-bond acceptors (Lipinski definition) is 3. The van der Waals surface area contributed by atoms with E-state index in [2.05, 4.69) is 17.3 Å². The molecule has 0 aromatic carbocycles. The van der Waals surface area contributed by atoms with E-state index in [1.165, 1.54) is 6.42 Å². The minimum atomic E-state index is -0.256. The highest BCUT2D eigenvalue weighted by Crippen LogP contribution is 2.33. The molecule has 2 unspecified atom stereocenters. The third kappa shape index (κ3) is 2.66. The Labute approximate surface area is 114 Å². The molecule has 1 aromatic heterocycles. The highest BCUT2D eigenvalue weighted by molar-refractivity contribution is 5.93. The number of carbonyl (C=O) groups is 1. The van der Waals surface area contributed by atoms with Crippen LogP contribution in [0.5, 0.6) is 0 Å². The lowest BCUT2D eigenvalue weighted by Gasteiger charge is -2.42. The molecule has 3 N–H and O–H groups in total. The highest BCUT2D eigenvalue weighted by atomic mass is 16.2. The van der Waals surface area contributed by atoms with Crippen molar-refractivity contribution in [2.75, 3.05) is 6.54 Å². The summed E-state index contributed by atoms with van der Waals surface area (Å²) in [7, 11) is 1.79. The van der Waals surface area contributed by atoms with Gasteiger partial charge in [0.1, 0.15) is 5.69 Å². The van der Waals surface area contributed by atoms with Gasteiger partial charge >= 0.3 is 0 Å². The average Bonchev–Trinajstić information content (AvgIpc) is 2.71. The second-order valence-corrected chi connectivity index (χ2v) is 5.76. The van der Waals surface area contributed by atoms with Crippen molar-refractivity contribution < 1.29 is 4.79 Å². The second kappa shape index (κ2) is 5.33. The topological polar surface area (TPSA) is 72.9 Å². The number of nitrogens with zero attached hydrogens (tertiary/aromatic N) is 2. The number of hydrogen-bond donors (Lipinski definition) is 2. The van der Waals surface area contributed by atoms with E-state index in [-0.39, 0.29) is 11.4 Å². The van der Waals surface area contributed by atoms with Gasteiger partial charge in [-0.2, -0.15) is 5.10 Å². The van der Waals surface area contributed by atoms with Crippen molar-refractivity contribution in [3.05, 3.63) is 17.5 Å². The molecular formula is C14H24N4O. The van der Waals surface area contributed by atoms with Crippen LogP contribution >= 0.6 is 0 Å². The monoisotopic (exact) mass is 264 g/mol. The fourth-order valence-electron chi connectivity index (χ4n) is 3.07. The Morgan fingerprint density at radius 3 is 2.89 bits per heavy atom. The fourth-order valence-corrected chi connectivity index (χ4v) is 3.07. The number of nitrogens with one attached hydrogen (secondary N) is 1. The van der Waals surface area contributed by atoms with Crippen molar-refractivity contribution >= 4 is 5.91 Å². The summed E-state index contributed by atoms with van der Waals surface area (Å²) >= 11 is 0. The minimum Gasteiger partial charge on any atom is -0.344 e. The van der Waals surface area contributed by atoms with E-state index in [0.717, 1.165) is 25.0 Å². The highest BCUT2D eigenvalue weighted by Gasteiger charge is 2.38. The molecule has 0 saturated heterocycles. The molecule has 0 aliphatic heterocycles. The second-order valence-electron chi connectivity index (χ2n) is 5.76. The van der Waals surface area contributed by atoms with Gasteiger partial charge in [0.05, 0.1) is 11.2 Å². The summed E-state index contributed by atoms with van der Waals surface area (Å²) in [5.74, 6) is 0.354. The SMILES string of the molecule is Cc1cc(C(=O)NC2(CN)CCCCC2C)n(C)n1. The third-order valence-corrected chi connectivity index (χ3v) is 4.41. The lowest BCUT2D eigenvalue weighted by Crippen LogP contribution is -2.59. The minimum absolute atomic E-state index is 0.0673. The molecular weight excluding hydrogens is 240 g/mol. The van der Waals surface area contributed by atoms with Gasteiger partial charge in [-0.3, -0.25) is 9.48 Å². The molecule has 1 aliphatic rings. The lowest BCUT2D eigenvalue weighted by molar-refractivity contribution is 0.0803. The zero-order chi connectivity index (χ0) is 14.0. The molecule has 0 bridgehead atoms. The molecule has 0 spiro atoms. The Morgan fingerprint density at radius 2 is 2.37 bits per heavy atom. The molecule has 2 atom stereocenters. The molecule has 1 fully saturated rings. The largest absolute Gasteiger partial charge is 0.344 e. The molecule has 1 saturated carbocycles. The molecule has 19 heavy (non-hydrogen) atoms. The van der Waals surface area contributed by atoms with Crippen LogP contribution in [0, 0.1) is 12.8 Å². The van der Waals surface area contributed by atoms with E-state index in [1.54, 1.807) is 11.7 Å². The van der Waals surface area contributed by atoms with Crippen LogP contribution in [0.2, 0.25) is 0 Å². The molecule has 1 aliphatic carbocycles. The zero-order valence-electron chi connectivity index (χ0n) is 12.1. The summed E-state index contributed by atoms with van der Waals surface area (Å²) in [6, 6.07) is 1.81. The van der Waals surface area contributed by atoms with Crippen molar-refractivity contribution in [3.8, 4) is 0 Å². The summed E-state index contributed by atoms with van der Waals surface area (Å²) in [5.41, 5.74) is 7.16. The van der Waals surface area contributed by atoms with Crippen LogP contribution in [0.1, 0.15) is 48.8 Å². The normalized spacial score (nSPS) is 27.3. The first-order valence-corrected chi connectivity index (χ1v) is 7.02. The Kier molecular flexibility index (Phi) is 3.94. The Balaban J connectivity index is 2.18. The molecule has 2 rings (SSSR count). The Morgan fingerprint density at radius 1 is 1.63 bits per heavy atom. The van der Waals surface area contributed by atoms with Crippen LogP contribution in [-0.2, 0) is 7.05 Å². The average molecular weight is 264 g/mol. The van der Waals surface area contributed by atoms with E-state index in [1.807, 2.05) is 13.0 Å². The first-order chi connectivity index (χ1) is 8.98. The Bertz CT molecular complexity index is 468. The van der Waals surface area contributed by atoms with E-state index in [4.69, 9.17) is 5.73 Å². The van der Waals surface area contributed by atoms with E-state index < -0.39 is 0 Å². The third-order valence-electron chi connectivity index (χ3n) is 4.41. The zero-order valence-corrected chi connectivity index (χ0v) is 12.1. The summed E-state index contributed by atoms with van der Waals surface area (Å²) in [4.78, 5) is 12.4. The summed E-state index contributed by atoms with van der Waals surface area (Å²) in [6.45, 7) is 4.57. The maximum absolute atomic E-state index is 12.4. The van der Waals surface area contributed by atoms with Gasteiger partial charge in [-0.25, -0.2) is 0 Å². The first-order valence-electron chi connectivity index (χ1n) is 7.02. The molecule has 5 heteroatoms. The van der Waals surface area contributed by atoms with Gasteiger partial charge in [-0.15, -0.1) is 0 Å². The molecule has 5 nitrogen and oxygen atoms in total. The summed E-state index contributed by atoms with van der Waals surface area (Å²) < 4.78 is 1.63. The van der Waals surface area contributed by atoms with Crippen LogP contribution in [-0.4, -0.2) is 27.8 Å². The maximum Gasteiger partial charge on any atom is 0.270 e. The molecule has 0 radical (unpaired) electrons. The van der Waals surface area contributed by atoms with Gasteiger partial charge in [-0.1, -0.05) is 19.8 Å². The van der Waals surface area contributed by atoms with Crippen LogP contribution in [0.3, 0.4) is 0 Å². The predicted octanol–water partition coefficient (Wildman–Crippen LogP) is 1.37. The smallest absolute Gasteiger partial charge is 0.270 e. The quantitative estimate of drug-likeness (QED) is 0.866. The van der Waals surface area contributed by atoms with Crippen LogP contribution in [0.15, 0.2) is 6.07 Å². The van der Waals surface area contributed by atoms with Crippen molar-refractivity contribution in [2.45, 2.75) is 45.1 Å². The number of rotatable bonds is 3. The number of carbonyl (C=O) groups excluding carboxylic acids is 1. The van der Waals surface area contributed by atoms with Crippen molar-refractivity contribution in [1.82, 2.24) is 15.1 Å². The standard InChI is InChI=1S/C14H24N4O/c1-10-6-4-5-7-14(10,9-15)16-13(19)12-8-11(2)17-18(12)3/h8,10H,4-7,9,15H2,1-3H3,(H,16,19). The first kappa shape index (κ1) is 14.1. The summed E-state index contributed by atoms with van der Waals surface area (Å²) in [6.07, 6.45) is 4.45. The van der Waals surface area contributed by atoms with E-state index >= 15 is 0 Å². The van der Waals surface area contributed by atoms with Gasteiger partial charge in [0.15, 0.2) is 0 Å². The Hall–Kier alpha value is -1.36. The van der Waals surface area contributed by atoms with Gasteiger partial charge in [0.2, 0.25) is 0 Å². The fraction of sp³-hybridized carbons (Fsp3) is 0.714. The summed E-state index contributed by atoms with van der Waals surface area (Å²) in [5, 5.41) is 7.39. The van der Waals surface area contributed by atoms with Crippen LogP contribution in [0.4, 0.5) is 0 Å². The van der Waals surface area contributed by atoms with E-state index in [0.29, 0.717) is 18.2 Å². The van der Waals surface area contributed by atoms with Gasteiger partial charge < -0.3 is 11.1 Å². The molecule has 1 aromatic rings. The van der Waals surface area contributed by atoms with Crippen molar-refractivity contribution in [3.63, 3.8) is 0 Å². The van der Waals surface area contributed by atoms with Crippen LogP contribution in [0.25, 0.3) is 0 Å². The number of aryl methyl sites for hydroxylation is 2. The van der Waals surface area contributed by atoms with E-state index in [9.17, 15) is 4.79 Å². The number of nitrogens with two attached hydrogens (primary N) is 1. The number of amides is 1. The molecule has 106 valence electrons. The van der Waals surface area contributed by atoms with Gasteiger partial charge in [0.25, 0.3) is 5.91 Å². The van der Waals surface area contributed by atoms with Gasteiger partial charge in [0, 0.05) is 13.6 Å².